The predicted molar refractivity (Wildman–Crippen MR) is 99.9 cm³/mol. The molecule has 0 heterocycles. The summed E-state index contributed by atoms with van der Waals surface area (Å²) in [6.45, 7) is 0. The third-order valence-electron chi connectivity index (χ3n) is 6.00. The van der Waals surface area contributed by atoms with Gasteiger partial charge in [0.1, 0.15) is 0 Å². The minimum atomic E-state index is 0.445. The van der Waals surface area contributed by atoms with Gasteiger partial charge in [0.15, 0.2) is 5.96 Å². The SMILES string of the molecule is NC(=NC1CC2CCC3CC2CC1C3)Nc1ccc(I)cc1. The zero-order chi connectivity index (χ0) is 15.1. The number of anilines is 1. The van der Waals surface area contributed by atoms with Crippen LogP contribution in [-0.2, 0) is 0 Å². The fraction of sp³-hybridized carbons (Fsp3) is 0.611. The van der Waals surface area contributed by atoms with E-state index < -0.39 is 0 Å². The minimum absolute atomic E-state index is 0.445. The van der Waals surface area contributed by atoms with E-state index in [4.69, 9.17) is 10.7 Å². The number of hydrogen-bond donors (Lipinski definition) is 2. The standard InChI is InChI=1S/C18H24IN3/c19-15-3-5-16(6-4-15)21-18(20)22-17-10-12-2-1-11-7-13(12)9-14(17)8-11/h3-6,11-14,17H,1-2,7-10H2,(H3,20,21,22). The molecule has 0 spiro atoms. The van der Waals surface area contributed by atoms with E-state index in [0.29, 0.717) is 12.0 Å². The molecule has 3 aliphatic rings. The summed E-state index contributed by atoms with van der Waals surface area (Å²) in [6.07, 6.45) is 8.43. The Bertz CT molecular complexity index is 566. The highest BCUT2D eigenvalue weighted by atomic mass is 127. The molecule has 0 amide bonds. The van der Waals surface area contributed by atoms with Crippen molar-refractivity contribution in [2.24, 2.45) is 34.4 Å². The normalized spacial score (nSPS) is 37.1. The number of nitrogens with one attached hydrogen (secondary N) is 1. The molecular formula is C18H24IN3. The lowest BCUT2D eigenvalue weighted by atomic mass is 9.56. The van der Waals surface area contributed by atoms with Gasteiger partial charge < -0.3 is 11.1 Å². The van der Waals surface area contributed by atoms with Gasteiger partial charge in [-0.2, -0.15) is 0 Å². The molecule has 3 saturated carbocycles. The van der Waals surface area contributed by atoms with Crippen LogP contribution in [0.4, 0.5) is 5.69 Å². The summed E-state index contributed by atoms with van der Waals surface area (Å²) in [5, 5.41) is 3.26. The molecule has 5 atom stereocenters. The van der Waals surface area contributed by atoms with Gasteiger partial charge in [-0.1, -0.05) is 6.42 Å². The second kappa shape index (κ2) is 6.02. The molecule has 3 N–H and O–H groups in total. The second-order valence-corrected chi connectivity index (χ2v) is 8.63. The average molecular weight is 409 g/mol. The number of benzene rings is 1. The van der Waals surface area contributed by atoms with Crippen molar-refractivity contribution in [1.82, 2.24) is 0 Å². The highest BCUT2D eigenvalue weighted by Gasteiger charge is 2.45. The summed E-state index contributed by atoms with van der Waals surface area (Å²) in [4.78, 5) is 4.87. The highest BCUT2D eigenvalue weighted by Crippen LogP contribution is 2.53. The Morgan fingerprint density at radius 2 is 1.77 bits per heavy atom. The second-order valence-electron chi connectivity index (χ2n) is 7.38. The van der Waals surface area contributed by atoms with E-state index in [2.05, 4.69) is 52.2 Å². The topological polar surface area (TPSA) is 50.4 Å². The molecule has 5 unspecified atom stereocenters. The van der Waals surface area contributed by atoms with E-state index in [1.54, 1.807) is 0 Å². The van der Waals surface area contributed by atoms with Crippen molar-refractivity contribution in [2.75, 3.05) is 5.32 Å². The largest absolute Gasteiger partial charge is 0.370 e. The van der Waals surface area contributed by atoms with E-state index in [1.807, 2.05) is 0 Å². The molecule has 4 rings (SSSR count). The Balaban J connectivity index is 1.46. The Morgan fingerprint density at radius 1 is 1.00 bits per heavy atom. The quantitative estimate of drug-likeness (QED) is 0.436. The number of guanidine groups is 1. The zero-order valence-electron chi connectivity index (χ0n) is 12.8. The number of halogens is 1. The van der Waals surface area contributed by atoms with Crippen LogP contribution in [0.15, 0.2) is 29.3 Å². The molecular weight excluding hydrogens is 385 g/mol. The Labute approximate surface area is 146 Å². The van der Waals surface area contributed by atoms with Crippen molar-refractivity contribution >= 4 is 34.2 Å². The van der Waals surface area contributed by atoms with E-state index >= 15 is 0 Å². The van der Waals surface area contributed by atoms with Crippen LogP contribution >= 0.6 is 22.6 Å². The van der Waals surface area contributed by atoms with Gasteiger partial charge in [0.2, 0.25) is 0 Å². The summed E-state index contributed by atoms with van der Waals surface area (Å²) in [6, 6.07) is 8.73. The van der Waals surface area contributed by atoms with Gasteiger partial charge in [0.25, 0.3) is 0 Å². The lowest BCUT2D eigenvalue weighted by molar-refractivity contribution is 0.0193. The third-order valence-corrected chi connectivity index (χ3v) is 6.72. The van der Waals surface area contributed by atoms with Crippen LogP contribution in [0.25, 0.3) is 0 Å². The molecule has 118 valence electrons. The first kappa shape index (κ1) is 14.8. The molecule has 1 aromatic rings. The Hall–Kier alpha value is -0.780. The van der Waals surface area contributed by atoms with Gasteiger partial charge in [-0.15, -0.1) is 0 Å². The van der Waals surface area contributed by atoms with Gasteiger partial charge in [-0.3, -0.25) is 0 Å². The van der Waals surface area contributed by atoms with Gasteiger partial charge >= 0.3 is 0 Å². The van der Waals surface area contributed by atoms with E-state index in [1.165, 1.54) is 42.1 Å². The van der Waals surface area contributed by atoms with Crippen molar-refractivity contribution in [3.05, 3.63) is 27.8 Å². The van der Waals surface area contributed by atoms with Gasteiger partial charge in [-0.25, -0.2) is 4.99 Å². The lowest BCUT2D eigenvalue weighted by Gasteiger charge is -2.50. The molecule has 22 heavy (non-hydrogen) atoms. The van der Waals surface area contributed by atoms with Crippen LogP contribution < -0.4 is 11.1 Å². The molecule has 0 radical (unpaired) electrons. The monoisotopic (exact) mass is 409 g/mol. The smallest absolute Gasteiger partial charge is 0.193 e. The number of rotatable bonds is 2. The van der Waals surface area contributed by atoms with E-state index in [9.17, 15) is 0 Å². The fourth-order valence-corrected chi connectivity index (χ4v) is 5.38. The predicted octanol–water partition coefficient (Wildman–Crippen LogP) is 4.23. The maximum Gasteiger partial charge on any atom is 0.193 e. The Kier molecular flexibility index (Phi) is 4.05. The fourth-order valence-electron chi connectivity index (χ4n) is 5.02. The van der Waals surface area contributed by atoms with Crippen molar-refractivity contribution in [3.63, 3.8) is 0 Å². The average Bonchev–Trinajstić information content (AvgIpc) is 2.50. The van der Waals surface area contributed by atoms with Crippen LogP contribution in [0, 0.1) is 27.2 Å². The molecule has 4 heteroatoms. The van der Waals surface area contributed by atoms with Gasteiger partial charge in [0.05, 0.1) is 6.04 Å². The number of hydrogen-bond acceptors (Lipinski definition) is 1. The molecule has 3 fully saturated rings. The zero-order valence-corrected chi connectivity index (χ0v) is 15.0. The first-order valence-corrected chi connectivity index (χ1v) is 9.61. The van der Waals surface area contributed by atoms with Crippen molar-refractivity contribution in [2.45, 2.75) is 44.6 Å². The van der Waals surface area contributed by atoms with Crippen LogP contribution in [-0.4, -0.2) is 12.0 Å². The van der Waals surface area contributed by atoms with Crippen molar-refractivity contribution < 1.29 is 0 Å². The van der Waals surface area contributed by atoms with Crippen LogP contribution in [0.2, 0.25) is 0 Å². The molecule has 3 nitrogen and oxygen atoms in total. The van der Waals surface area contributed by atoms with E-state index in [-0.39, 0.29) is 0 Å². The number of aliphatic imine (C=N–C) groups is 1. The van der Waals surface area contributed by atoms with Crippen LogP contribution in [0.1, 0.15) is 38.5 Å². The number of nitrogens with two attached hydrogens (primary N) is 1. The first-order valence-electron chi connectivity index (χ1n) is 8.53. The number of nitrogens with zero attached hydrogens (tertiary/aromatic N) is 1. The molecule has 0 saturated heterocycles. The lowest BCUT2D eigenvalue weighted by Crippen LogP contribution is -2.44. The van der Waals surface area contributed by atoms with Gasteiger partial charge in [-0.05, 0) is 103 Å². The van der Waals surface area contributed by atoms with Crippen LogP contribution in [0.5, 0.6) is 0 Å². The molecule has 3 bridgehead atoms. The van der Waals surface area contributed by atoms with Crippen LogP contribution in [0.3, 0.4) is 0 Å². The van der Waals surface area contributed by atoms with E-state index in [0.717, 1.165) is 29.4 Å². The maximum atomic E-state index is 6.18. The summed E-state index contributed by atoms with van der Waals surface area (Å²) < 4.78 is 1.23. The van der Waals surface area contributed by atoms with Crippen molar-refractivity contribution in [1.29, 1.82) is 0 Å². The summed E-state index contributed by atoms with van der Waals surface area (Å²) >= 11 is 2.31. The summed E-state index contributed by atoms with van der Waals surface area (Å²) in [7, 11) is 0. The molecule has 3 aliphatic carbocycles. The highest BCUT2D eigenvalue weighted by molar-refractivity contribution is 14.1. The molecule has 1 aromatic carbocycles. The van der Waals surface area contributed by atoms with Crippen molar-refractivity contribution in [3.8, 4) is 0 Å². The molecule has 0 aromatic heterocycles. The Morgan fingerprint density at radius 3 is 2.59 bits per heavy atom. The maximum absolute atomic E-state index is 6.18. The minimum Gasteiger partial charge on any atom is -0.370 e. The third kappa shape index (κ3) is 2.99. The summed E-state index contributed by atoms with van der Waals surface area (Å²) in [5.74, 6) is 4.24. The van der Waals surface area contributed by atoms with Gasteiger partial charge in [0, 0.05) is 9.26 Å². The molecule has 0 aliphatic heterocycles. The summed E-state index contributed by atoms with van der Waals surface area (Å²) in [5.41, 5.74) is 7.21. The number of fused-ring (bicyclic) bond motifs is 2. The first-order chi connectivity index (χ1) is 10.7.